The number of benzene rings is 1. The summed E-state index contributed by atoms with van der Waals surface area (Å²) in [4.78, 5) is 12.0. The molecule has 0 spiro atoms. The summed E-state index contributed by atoms with van der Waals surface area (Å²) < 4.78 is 29.1. The van der Waals surface area contributed by atoms with Crippen molar-refractivity contribution in [2.45, 2.75) is 53.1 Å². The summed E-state index contributed by atoms with van der Waals surface area (Å²) in [5, 5.41) is 0. The van der Waals surface area contributed by atoms with E-state index in [0.717, 1.165) is 12.0 Å². The van der Waals surface area contributed by atoms with E-state index in [0.29, 0.717) is 12.8 Å². The van der Waals surface area contributed by atoms with Crippen LogP contribution in [0, 0.1) is 0 Å². The van der Waals surface area contributed by atoms with Gasteiger partial charge in [0, 0.05) is 6.42 Å². The van der Waals surface area contributed by atoms with Crippen molar-refractivity contribution in [1.29, 1.82) is 0 Å². The van der Waals surface area contributed by atoms with Gasteiger partial charge >= 0.3 is 13.6 Å². The molecule has 0 aliphatic carbocycles. The highest BCUT2D eigenvalue weighted by atomic mass is 31.2. The Hall–Kier alpha value is -1.16. The minimum absolute atomic E-state index is 0.0234. The fraction of sp³-hybridized carbons (Fsp3) is 0.611. The first kappa shape index (κ1) is 20.9. The van der Waals surface area contributed by atoms with Crippen molar-refractivity contribution in [2.24, 2.45) is 0 Å². The lowest BCUT2D eigenvalue weighted by molar-refractivity contribution is -0.148. The minimum Gasteiger partial charge on any atom is -0.457 e. The molecule has 0 bridgehead atoms. The summed E-state index contributed by atoms with van der Waals surface area (Å²) in [6.45, 7) is 8.08. The summed E-state index contributed by atoms with van der Waals surface area (Å²) in [6.07, 6.45) is 1.34. The maximum atomic E-state index is 12.8. The second-order valence-electron chi connectivity index (χ2n) is 5.45. The predicted molar refractivity (Wildman–Crippen MR) is 95.3 cm³/mol. The molecule has 136 valence electrons. The number of hydrogen-bond donors (Lipinski definition) is 0. The molecule has 1 atom stereocenters. The third kappa shape index (κ3) is 6.76. The zero-order valence-electron chi connectivity index (χ0n) is 15.1. The molecule has 1 rings (SSSR count). The van der Waals surface area contributed by atoms with Crippen LogP contribution in [-0.2, 0) is 29.6 Å². The predicted octanol–water partition coefficient (Wildman–Crippen LogP) is 4.90. The van der Waals surface area contributed by atoms with E-state index in [1.54, 1.807) is 13.8 Å². The molecule has 0 aromatic heterocycles. The lowest BCUT2D eigenvalue weighted by Crippen LogP contribution is -2.16. The van der Waals surface area contributed by atoms with Crippen molar-refractivity contribution in [1.82, 2.24) is 0 Å². The monoisotopic (exact) mass is 356 g/mol. The Bertz CT molecular complexity index is 531. The lowest BCUT2D eigenvalue weighted by atomic mass is 10.1. The molecule has 0 N–H and O–H groups in total. The van der Waals surface area contributed by atoms with Crippen LogP contribution in [0.5, 0.6) is 0 Å². The van der Waals surface area contributed by atoms with Gasteiger partial charge < -0.3 is 13.8 Å². The second-order valence-corrected chi connectivity index (χ2v) is 7.56. The molecule has 6 heteroatoms. The van der Waals surface area contributed by atoms with Gasteiger partial charge in [-0.2, -0.15) is 0 Å². The molecule has 0 saturated heterocycles. The van der Waals surface area contributed by atoms with E-state index in [9.17, 15) is 9.36 Å². The smallest absolute Gasteiger partial charge is 0.334 e. The molecular weight excluding hydrogens is 327 g/mol. The Morgan fingerprint density at radius 3 is 2.08 bits per heavy atom. The van der Waals surface area contributed by atoms with Crippen molar-refractivity contribution in [3.05, 3.63) is 35.4 Å². The second kappa shape index (κ2) is 10.7. The Labute approximate surface area is 145 Å². The topological polar surface area (TPSA) is 61.8 Å². The van der Waals surface area contributed by atoms with Crippen molar-refractivity contribution >= 4 is 13.6 Å². The van der Waals surface area contributed by atoms with Crippen LogP contribution >= 0.6 is 7.60 Å². The average Bonchev–Trinajstić information content (AvgIpc) is 2.55. The van der Waals surface area contributed by atoms with Crippen LogP contribution in [0.15, 0.2) is 24.3 Å². The molecule has 0 aliphatic rings. The third-order valence-corrected chi connectivity index (χ3v) is 5.61. The van der Waals surface area contributed by atoms with Crippen LogP contribution < -0.4 is 0 Å². The molecule has 0 amide bonds. The molecular formula is C18H29O5P. The van der Waals surface area contributed by atoms with Gasteiger partial charge in [-0.15, -0.1) is 0 Å². The van der Waals surface area contributed by atoms with Crippen LogP contribution in [0.25, 0.3) is 0 Å². The molecule has 1 unspecified atom stereocenters. The Morgan fingerprint density at radius 1 is 1.04 bits per heavy atom. The normalized spacial score (nSPS) is 12.8. The van der Waals surface area contributed by atoms with Crippen molar-refractivity contribution in [2.75, 3.05) is 19.4 Å². The quantitative estimate of drug-likeness (QED) is 0.417. The fourth-order valence-electron chi connectivity index (χ4n) is 2.34. The van der Waals surface area contributed by atoms with Gasteiger partial charge in [-0.25, -0.2) is 0 Å². The van der Waals surface area contributed by atoms with E-state index >= 15 is 0 Å². The lowest BCUT2D eigenvalue weighted by Gasteiger charge is -2.24. The zero-order valence-corrected chi connectivity index (χ0v) is 16.0. The van der Waals surface area contributed by atoms with Gasteiger partial charge in [-0.1, -0.05) is 38.1 Å². The van der Waals surface area contributed by atoms with E-state index in [4.69, 9.17) is 13.8 Å². The van der Waals surface area contributed by atoms with E-state index < -0.39 is 13.7 Å². The number of carbonyl (C=O) groups excluding carboxylic acids is 1. The van der Waals surface area contributed by atoms with Crippen LogP contribution in [0.2, 0.25) is 0 Å². The Kier molecular flexibility index (Phi) is 9.27. The number of esters is 1. The fourth-order valence-corrected chi connectivity index (χ4v) is 4.10. The van der Waals surface area contributed by atoms with Crippen molar-refractivity contribution in [3.63, 3.8) is 0 Å². The number of rotatable bonds is 11. The maximum Gasteiger partial charge on any atom is 0.334 e. The molecule has 0 radical (unpaired) electrons. The summed E-state index contributed by atoms with van der Waals surface area (Å²) in [5.74, 6) is -0.304. The highest BCUT2D eigenvalue weighted by molar-refractivity contribution is 7.53. The largest absolute Gasteiger partial charge is 0.457 e. The standard InChI is InChI=1S/C18H29O5P/c1-5-9-18(19)23-17(14-24(20,21-7-3)22-8-4)16-12-10-15(6-2)11-13-16/h10-13,17H,5-9,14H2,1-4H3. The van der Waals surface area contributed by atoms with Crippen LogP contribution in [0.1, 0.15) is 57.8 Å². The molecule has 0 saturated carbocycles. The van der Waals surface area contributed by atoms with Gasteiger partial charge in [-0.05, 0) is 37.8 Å². The molecule has 0 heterocycles. The molecule has 24 heavy (non-hydrogen) atoms. The Morgan fingerprint density at radius 2 is 1.62 bits per heavy atom. The Balaban J connectivity index is 3.02. The highest BCUT2D eigenvalue weighted by Crippen LogP contribution is 2.51. The summed E-state index contributed by atoms with van der Waals surface area (Å²) >= 11 is 0. The van der Waals surface area contributed by atoms with Crippen LogP contribution in [0.4, 0.5) is 0 Å². The average molecular weight is 356 g/mol. The van der Waals surface area contributed by atoms with Gasteiger partial charge in [0.15, 0.2) is 0 Å². The first-order valence-electron chi connectivity index (χ1n) is 8.64. The van der Waals surface area contributed by atoms with Crippen LogP contribution in [0.3, 0.4) is 0 Å². The first-order valence-corrected chi connectivity index (χ1v) is 10.4. The minimum atomic E-state index is -3.31. The van der Waals surface area contributed by atoms with Crippen LogP contribution in [-0.4, -0.2) is 25.3 Å². The third-order valence-electron chi connectivity index (χ3n) is 3.53. The molecule has 5 nitrogen and oxygen atoms in total. The summed E-state index contributed by atoms with van der Waals surface area (Å²) in [5.41, 5.74) is 1.99. The van der Waals surface area contributed by atoms with E-state index in [-0.39, 0.29) is 25.3 Å². The highest BCUT2D eigenvalue weighted by Gasteiger charge is 2.31. The van der Waals surface area contributed by atoms with Crippen molar-refractivity contribution < 1.29 is 23.1 Å². The van der Waals surface area contributed by atoms with E-state index in [2.05, 4.69) is 6.92 Å². The molecule has 0 fully saturated rings. The van der Waals surface area contributed by atoms with Crippen molar-refractivity contribution in [3.8, 4) is 0 Å². The van der Waals surface area contributed by atoms with Gasteiger partial charge in [0.2, 0.25) is 0 Å². The van der Waals surface area contributed by atoms with Gasteiger partial charge in [-0.3, -0.25) is 9.36 Å². The number of aryl methyl sites for hydroxylation is 1. The van der Waals surface area contributed by atoms with Gasteiger partial charge in [0.25, 0.3) is 0 Å². The first-order chi connectivity index (χ1) is 11.5. The van der Waals surface area contributed by atoms with Gasteiger partial charge in [0.05, 0.1) is 19.4 Å². The number of ether oxygens (including phenoxy) is 1. The summed E-state index contributed by atoms with van der Waals surface area (Å²) in [7, 11) is -3.31. The SMILES string of the molecule is CCCC(=O)OC(CP(=O)(OCC)OCC)c1ccc(CC)cc1. The van der Waals surface area contributed by atoms with E-state index in [1.807, 2.05) is 31.2 Å². The zero-order chi connectivity index (χ0) is 18.0. The summed E-state index contributed by atoms with van der Waals surface area (Å²) in [6, 6.07) is 7.79. The van der Waals surface area contributed by atoms with E-state index in [1.165, 1.54) is 5.56 Å². The molecule has 1 aromatic carbocycles. The number of hydrogen-bond acceptors (Lipinski definition) is 5. The molecule has 1 aromatic rings. The number of carbonyl (C=O) groups is 1. The molecule has 0 aliphatic heterocycles. The van der Waals surface area contributed by atoms with Gasteiger partial charge in [0.1, 0.15) is 6.10 Å². The maximum absolute atomic E-state index is 12.8.